The van der Waals surface area contributed by atoms with E-state index in [9.17, 15) is 5.26 Å². The number of imidazole rings is 1. The first-order chi connectivity index (χ1) is 16.0. The van der Waals surface area contributed by atoms with Crippen molar-refractivity contribution in [3.05, 3.63) is 74.8 Å². The van der Waals surface area contributed by atoms with E-state index in [1.54, 1.807) is 0 Å². The highest BCUT2D eigenvalue weighted by atomic mass is 35.5. The summed E-state index contributed by atoms with van der Waals surface area (Å²) < 4.78 is 2.20. The Morgan fingerprint density at radius 1 is 1.03 bits per heavy atom. The molecule has 2 aromatic heterocycles. The van der Waals surface area contributed by atoms with E-state index in [1.807, 2.05) is 36.4 Å². The molecule has 0 bridgehead atoms. The Morgan fingerprint density at radius 2 is 1.79 bits per heavy atom. The standard InChI is InChI=1S/C26H25Cl2N5/c1-3-19-17(2)20(15-29)25-30-23-6-4-5-7-24(23)33(25)26(19)32-12-10-31(11-13-32)16-18-8-9-21(27)22(28)14-18/h4-9,14H,3,10-13,16H2,1-2H3. The number of hydrogen-bond donors (Lipinski definition) is 0. The van der Waals surface area contributed by atoms with E-state index in [1.165, 1.54) is 16.9 Å². The molecule has 3 heterocycles. The molecule has 1 aliphatic heterocycles. The van der Waals surface area contributed by atoms with Crippen LogP contribution in [0.5, 0.6) is 0 Å². The van der Waals surface area contributed by atoms with Gasteiger partial charge in [-0.05, 0) is 54.3 Å². The molecule has 0 spiro atoms. The highest BCUT2D eigenvalue weighted by Gasteiger charge is 2.26. The number of aromatic nitrogens is 2. The van der Waals surface area contributed by atoms with Crippen LogP contribution in [-0.2, 0) is 13.0 Å². The number of fused-ring (bicyclic) bond motifs is 3. The van der Waals surface area contributed by atoms with E-state index in [4.69, 9.17) is 28.2 Å². The largest absolute Gasteiger partial charge is 0.355 e. The van der Waals surface area contributed by atoms with Crippen molar-refractivity contribution in [3.8, 4) is 6.07 Å². The predicted octanol–water partition coefficient (Wildman–Crippen LogP) is 5.86. The highest BCUT2D eigenvalue weighted by molar-refractivity contribution is 6.42. The topological polar surface area (TPSA) is 47.6 Å². The number of para-hydroxylation sites is 2. The number of halogens is 2. The lowest BCUT2D eigenvalue weighted by atomic mass is 10.0. The van der Waals surface area contributed by atoms with Crippen molar-refractivity contribution in [2.24, 2.45) is 0 Å². The Balaban J connectivity index is 1.51. The first kappa shape index (κ1) is 22.0. The van der Waals surface area contributed by atoms with Gasteiger partial charge in [0.2, 0.25) is 0 Å². The normalized spacial score (nSPS) is 14.8. The number of pyridine rings is 1. The average Bonchev–Trinajstić information content (AvgIpc) is 3.20. The van der Waals surface area contributed by atoms with Gasteiger partial charge < -0.3 is 4.90 Å². The Morgan fingerprint density at radius 3 is 2.48 bits per heavy atom. The van der Waals surface area contributed by atoms with Crippen LogP contribution >= 0.6 is 23.2 Å². The lowest BCUT2D eigenvalue weighted by Crippen LogP contribution is -2.47. The van der Waals surface area contributed by atoms with Crippen LogP contribution in [0, 0.1) is 18.3 Å². The van der Waals surface area contributed by atoms with E-state index < -0.39 is 0 Å². The van der Waals surface area contributed by atoms with E-state index in [0.29, 0.717) is 15.6 Å². The molecule has 1 aliphatic rings. The maximum atomic E-state index is 9.93. The summed E-state index contributed by atoms with van der Waals surface area (Å²) >= 11 is 12.3. The van der Waals surface area contributed by atoms with Gasteiger partial charge in [-0.3, -0.25) is 9.30 Å². The Labute approximate surface area is 203 Å². The molecule has 1 saturated heterocycles. The lowest BCUT2D eigenvalue weighted by molar-refractivity contribution is 0.249. The monoisotopic (exact) mass is 477 g/mol. The van der Waals surface area contributed by atoms with Crippen LogP contribution in [-0.4, -0.2) is 40.5 Å². The highest BCUT2D eigenvalue weighted by Crippen LogP contribution is 2.34. The van der Waals surface area contributed by atoms with Crippen molar-refractivity contribution in [2.75, 3.05) is 31.1 Å². The Hall–Kier alpha value is -2.78. The first-order valence-electron chi connectivity index (χ1n) is 11.3. The van der Waals surface area contributed by atoms with Crippen molar-refractivity contribution in [3.63, 3.8) is 0 Å². The van der Waals surface area contributed by atoms with Gasteiger partial charge in [0, 0.05) is 32.7 Å². The van der Waals surface area contributed by atoms with Crippen LogP contribution in [0.1, 0.15) is 29.2 Å². The van der Waals surface area contributed by atoms with Crippen LogP contribution in [0.4, 0.5) is 5.82 Å². The minimum Gasteiger partial charge on any atom is -0.355 e. The number of nitrogens with zero attached hydrogens (tertiary/aromatic N) is 5. The fourth-order valence-corrected chi connectivity index (χ4v) is 5.25. The molecule has 0 amide bonds. The van der Waals surface area contributed by atoms with Gasteiger partial charge >= 0.3 is 0 Å². The first-order valence-corrected chi connectivity index (χ1v) is 12.0. The molecule has 0 aliphatic carbocycles. The van der Waals surface area contributed by atoms with Crippen molar-refractivity contribution < 1.29 is 0 Å². The van der Waals surface area contributed by atoms with Gasteiger partial charge in [-0.1, -0.05) is 48.3 Å². The second-order valence-electron chi connectivity index (χ2n) is 8.54. The van der Waals surface area contributed by atoms with E-state index in [0.717, 1.165) is 61.4 Å². The zero-order chi connectivity index (χ0) is 23.1. The Kier molecular flexibility index (Phi) is 5.92. The molecule has 33 heavy (non-hydrogen) atoms. The van der Waals surface area contributed by atoms with E-state index in [-0.39, 0.29) is 0 Å². The molecule has 5 nitrogen and oxygen atoms in total. The molecule has 5 rings (SSSR count). The summed E-state index contributed by atoms with van der Waals surface area (Å²) in [5.41, 5.74) is 6.82. The van der Waals surface area contributed by atoms with Gasteiger partial charge in [-0.25, -0.2) is 4.98 Å². The number of benzene rings is 2. The summed E-state index contributed by atoms with van der Waals surface area (Å²) in [6.45, 7) is 8.76. The smallest absolute Gasteiger partial charge is 0.157 e. The van der Waals surface area contributed by atoms with Gasteiger partial charge in [0.1, 0.15) is 11.9 Å². The quantitative estimate of drug-likeness (QED) is 0.369. The summed E-state index contributed by atoms with van der Waals surface area (Å²) in [5, 5.41) is 11.1. The molecular formula is C26H25Cl2N5. The number of hydrogen-bond acceptors (Lipinski definition) is 4. The van der Waals surface area contributed by atoms with Gasteiger partial charge in [0.15, 0.2) is 5.65 Å². The van der Waals surface area contributed by atoms with Crippen molar-refractivity contribution >= 4 is 45.7 Å². The number of anilines is 1. The minimum absolute atomic E-state index is 0.588. The van der Waals surface area contributed by atoms with Gasteiger partial charge in [-0.15, -0.1) is 0 Å². The van der Waals surface area contributed by atoms with Crippen LogP contribution in [0.25, 0.3) is 16.7 Å². The molecule has 4 aromatic rings. The maximum Gasteiger partial charge on any atom is 0.157 e. The number of nitriles is 1. The third-order valence-corrected chi connectivity index (χ3v) is 7.36. The summed E-state index contributed by atoms with van der Waals surface area (Å²) in [6, 6.07) is 16.4. The molecule has 1 fully saturated rings. The zero-order valence-electron chi connectivity index (χ0n) is 18.8. The van der Waals surface area contributed by atoms with Crippen molar-refractivity contribution in [2.45, 2.75) is 26.8 Å². The van der Waals surface area contributed by atoms with Crippen LogP contribution in [0.15, 0.2) is 42.5 Å². The molecule has 0 unspecified atom stereocenters. The SMILES string of the molecule is CCc1c(C)c(C#N)c2nc3ccccc3n2c1N1CCN(Cc2ccc(Cl)c(Cl)c2)CC1. The van der Waals surface area contributed by atoms with Crippen LogP contribution in [0.3, 0.4) is 0 Å². The number of rotatable bonds is 4. The zero-order valence-corrected chi connectivity index (χ0v) is 20.3. The third kappa shape index (κ3) is 3.83. The minimum atomic E-state index is 0.588. The second kappa shape index (κ2) is 8.87. The molecule has 2 aromatic carbocycles. The lowest BCUT2D eigenvalue weighted by Gasteiger charge is -2.37. The van der Waals surface area contributed by atoms with E-state index >= 15 is 0 Å². The Bertz CT molecular complexity index is 1390. The predicted molar refractivity (Wildman–Crippen MR) is 135 cm³/mol. The summed E-state index contributed by atoms with van der Waals surface area (Å²) in [6.07, 6.45) is 0.863. The van der Waals surface area contributed by atoms with Crippen molar-refractivity contribution in [1.29, 1.82) is 5.26 Å². The summed E-state index contributed by atoms with van der Waals surface area (Å²) in [7, 11) is 0. The van der Waals surface area contributed by atoms with Gasteiger partial charge in [-0.2, -0.15) is 5.26 Å². The fourth-order valence-electron chi connectivity index (χ4n) is 4.93. The molecular weight excluding hydrogens is 453 g/mol. The van der Waals surface area contributed by atoms with Gasteiger partial charge in [0.05, 0.1) is 26.6 Å². The summed E-state index contributed by atoms with van der Waals surface area (Å²) in [5.74, 6) is 1.17. The van der Waals surface area contributed by atoms with Crippen molar-refractivity contribution in [1.82, 2.24) is 14.3 Å². The number of piperazine rings is 1. The average molecular weight is 478 g/mol. The molecule has 7 heteroatoms. The van der Waals surface area contributed by atoms with Crippen LogP contribution < -0.4 is 4.90 Å². The molecule has 0 radical (unpaired) electrons. The fraction of sp³-hybridized carbons (Fsp3) is 0.308. The maximum absolute atomic E-state index is 9.93. The summed E-state index contributed by atoms with van der Waals surface area (Å²) in [4.78, 5) is 9.75. The van der Waals surface area contributed by atoms with E-state index in [2.05, 4.69) is 40.2 Å². The molecule has 0 saturated carbocycles. The van der Waals surface area contributed by atoms with Crippen LogP contribution in [0.2, 0.25) is 10.0 Å². The molecule has 0 N–H and O–H groups in total. The van der Waals surface area contributed by atoms with Gasteiger partial charge in [0.25, 0.3) is 0 Å². The third-order valence-electron chi connectivity index (χ3n) is 6.62. The molecule has 0 atom stereocenters. The second-order valence-corrected chi connectivity index (χ2v) is 9.35. The molecule has 168 valence electrons.